The Morgan fingerprint density at radius 1 is 1.33 bits per heavy atom. The summed E-state index contributed by atoms with van der Waals surface area (Å²) in [6.45, 7) is 1.74. The van der Waals surface area contributed by atoms with Crippen LogP contribution in [0.5, 0.6) is 0 Å². The quantitative estimate of drug-likeness (QED) is 0.489. The van der Waals surface area contributed by atoms with E-state index in [1.54, 1.807) is 22.9 Å². The number of rotatable bonds is 8. The van der Waals surface area contributed by atoms with E-state index in [4.69, 9.17) is 22.4 Å². The summed E-state index contributed by atoms with van der Waals surface area (Å²) in [5.41, 5.74) is 8.33. The molecule has 3 aromatic rings. The lowest BCUT2D eigenvalue weighted by Gasteiger charge is -2.15. The zero-order chi connectivity index (χ0) is 21.8. The smallest absolute Gasteiger partial charge is 0.257 e. The molecule has 0 fully saturated rings. The molecule has 3 rings (SSSR count). The molecule has 2 aromatic heterocycles. The number of aliphatic hydroxyl groups is 1. The lowest BCUT2D eigenvalue weighted by Crippen LogP contribution is -2.29. The number of aryl methyl sites for hydroxylation is 1. The normalized spacial score (nSPS) is 11.4. The molecule has 0 spiro atoms. The van der Waals surface area contributed by atoms with Crippen LogP contribution in [0.15, 0.2) is 35.3 Å². The van der Waals surface area contributed by atoms with Gasteiger partial charge in [0.05, 0.1) is 16.8 Å². The maximum Gasteiger partial charge on any atom is 0.257 e. The number of aliphatic hydroxyl groups excluding tert-OH is 1. The molecular weight excluding hydrogens is 424 g/mol. The third-order valence-corrected chi connectivity index (χ3v) is 6.36. The van der Waals surface area contributed by atoms with E-state index in [0.717, 1.165) is 21.5 Å². The SMILES string of the molecule is CN(CCO)Cc1sc2c(=O)c(C(=O)NCc3ccc(Cl)cc3)cn(C)c2c1CN. The van der Waals surface area contributed by atoms with Crippen molar-refractivity contribution < 1.29 is 9.90 Å². The summed E-state index contributed by atoms with van der Waals surface area (Å²) >= 11 is 7.24. The molecule has 1 amide bonds. The number of pyridine rings is 1. The molecule has 0 unspecified atom stereocenters. The highest BCUT2D eigenvalue weighted by Gasteiger charge is 2.21. The van der Waals surface area contributed by atoms with Crippen molar-refractivity contribution in [2.45, 2.75) is 19.6 Å². The predicted octanol–water partition coefficient (Wildman–Crippen LogP) is 2.07. The number of halogens is 1. The van der Waals surface area contributed by atoms with E-state index in [1.165, 1.54) is 11.3 Å². The molecule has 0 radical (unpaired) electrons. The maximum absolute atomic E-state index is 13.1. The molecule has 30 heavy (non-hydrogen) atoms. The molecule has 7 nitrogen and oxygen atoms in total. The van der Waals surface area contributed by atoms with Crippen molar-refractivity contribution in [2.24, 2.45) is 12.8 Å². The van der Waals surface area contributed by atoms with Crippen LogP contribution in [0.1, 0.15) is 26.4 Å². The molecule has 0 aliphatic heterocycles. The van der Waals surface area contributed by atoms with Crippen molar-refractivity contribution in [3.63, 3.8) is 0 Å². The number of nitrogens with one attached hydrogen (secondary N) is 1. The van der Waals surface area contributed by atoms with Crippen LogP contribution in [0.25, 0.3) is 10.2 Å². The van der Waals surface area contributed by atoms with E-state index in [2.05, 4.69) is 5.32 Å². The van der Waals surface area contributed by atoms with Gasteiger partial charge in [0.15, 0.2) is 0 Å². The van der Waals surface area contributed by atoms with Crippen LogP contribution >= 0.6 is 22.9 Å². The van der Waals surface area contributed by atoms with Crippen LogP contribution in [0.3, 0.4) is 0 Å². The predicted molar refractivity (Wildman–Crippen MR) is 121 cm³/mol. The first-order valence-electron chi connectivity index (χ1n) is 9.51. The first kappa shape index (κ1) is 22.5. The van der Waals surface area contributed by atoms with Gasteiger partial charge in [0, 0.05) is 54.9 Å². The lowest BCUT2D eigenvalue weighted by molar-refractivity contribution is 0.0949. The second-order valence-electron chi connectivity index (χ2n) is 7.14. The molecule has 160 valence electrons. The zero-order valence-corrected chi connectivity index (χ0v) is 18.5. The van der Waals surface area contributed by atoms with E-state index >= 15 is 0 Å². The number of benzene rings is 1. The summed E-state index contributed by atoms with van der Waals surface area (Å²) in [4.78, 5) is 28.7. The summed E-state index contributed by atoms with van der Waals surface area (Å²) in [6, 6.07) is 7.16. The number of fused-ring (bicyclic) bond motifs is 1. The van der Waals surface area contributed by atoms with E-state index < -0.39 is 5.91 Å². The van der Waals surface area contributed by atoms with Gasteiger partial charge in [0.2, 0.25) is 5.43 Å². The molecule has 2 heterocycles. The fourth-order valence-corrected chi connectivity index (χ4v) is 4.87. The van der Waals surface area contributed by atoms with E-state index in [9.17, 15) is 9.59 Å². The second-order valence-corrected chi connectivity index (χ2v) is 8.68. The Bertz CT molecular complexity index is 1110. The summed E-state index contributed by atoms with van der Waals surface area (Å²) < 4.78 is 2.31. The summed E-state index contributed by atoms with van der Waals surface area (Å²) in [6.07, 6.45) is 1.56. The molecule has 0 atom stereocenters. The van der Waals surface area contributed by atoms with Crippen molar-refractivity contribution in [1.29, 1.82) is 0 Å². The second kappa shape index (κ2) is 9.72. The molecule has 4 N–H and O–H groups in total. The number of nitrogens with two attached hydrogens (primary N) is 1. The van der Waals surface area contributed by atoms with Crippen molar-refractivity contribution in [3.8, 4) is 0 Å². The first-order chi connectivity index (χ1) is 14.3. The molecule has 0 aliphatic carbocycles. The first-order valence-corrected chi connectivity index (χ1v) is 10.7. The number of hydrogen-bond donors (Lipinski definition) is 3. The standard InChI is InChI=1S/C21H25ClN4O3S/c1-25(7-8-27)12-17-15(9-23)18-20(30-17)19(28)16(11-26(18)2)21(29)24-10-13-3-5-14(22)6-4-13/h3-6,11,27H,7-10,12,23H2,1-2H3,(H,24,29). The van der Waals surface area contributed by atoms with Gasteiger partial charge in [-0.3, -0.25) is 14.5 Å². The van der Waals surface area contributed by atoms with Gasteiger partial charge in [0.1, 0.15) is 5.56 Å². The fraction of sp³-hybridized carbons (Fsp3) is 0.333. The van der Waals surface area contributed by atoms with Crippen LogP contribution in [-0.2, 0) is 26.7 Å². The maximum atomic E-state index is 13.1. The van der Waals surface area contributed by atoms with Crippen molar-refractivity contribution >= 4 is 39.1 Å². The molecule has 0 bridgehead atoms. The van der Waals surface area contributed by atoms with Crippen LogP contribution in [0, 0.1) is 0 Å². The van der Waals surface area contributed by atoms with Crippen molar-refractivity contribution in [2.75, 3.05) is 20.2 Å². The fourth-order valence-electron chi connectivity index (χ4n) is 3.34. The number of aromatic nitrogens is 1. The molecule has 0 saturated heterocycles. The van der Waals surface area contributed by atoms with Crippen LogP contribution in [0.2, 0.25) is 5.02 Å². The molecule has 0 saturated carbocycles. The van der Waals surface area contributed by atoms with Gasteiger partial charge in [-0.15, -0.1) is 11.3 Å². The minimum atomic E-state index is -0.422. The summed E-state index contributed by atoms with van der Waals surface area (Å²) in [5.74, 6) is -0.422. The Hall–Kier alpha value is -2.23. The van der Waals surface area contributed by atoms with Crippen LogP contribution < -0.4 is 16.5 Å². The molecule has 0 aliphatic rings. The summed E-state index contributed by atoms with van der Waals surface area (Å²) in [7, 11) is 3.71. The average molecular weight is 449 g/mol. The highest BCUT2D eigenvalue weighted by atomic mass is 35.5. The number of thiophene rings is 1. The summed E-state index contributed by atoms with van der Waals surface area (Å²) in [5, 5.41) is 12.6. The van der Waals surface area contributed by atoms with Gasteiger partial charge in [-0.2, -0.15) is 0 Å². The third kappa shape index (κ3) is 4.74. The third-order valence-electron chi connectivity index (χ3n) is 4.90. The topological polar surface area (TPSA) is 101 Å². The Kier molecular flexibility index (Phi) is 7.27. The van der Waals surface area contributed by atoms with Gasteiger partial charge in [-0.25, -0.2) is 0 Å². The minimum absolute atomic E-state index is 0.0534. The van der Waals surface area contributed by atoms with Crippen LogP contribution in [0.4, 0.5) is 0 Å². The number of amides is 1. The number of carbonyl (C=O) groups excluding carboxylic acids is 1. The number of nitrogens with zero attached hydrogens (tertiary/aromatic N) is 2. The van der Waals surface area contributed by atoms with Gasteiger partial charge >= 0.3 is 0 Å². The molecule has 9 heteroatoms. The zero-order valence-electron chi connectivity index (χ0n) is 16.9. The monoisotopic (exact) mass is 448 g/mol. The number of carbonyl (C=O) groups is 1. The molecule has 1 aromatic carbocycles. The van der Waals surface area contributed by atoms with E-state index in [1.807, 2.05) is 31.1 Å². The molecular formula is C21H25ClN4O3S. The highest BCUT2D eigenvalue weighted by molar-refractivity contribution is 7.19. The largest absolute Gasteiger partial charge is 0.395 e. The Balaban J connectivity index is 1.92. The number of likely N-dealkylation sites (N-methyl/N-ethyl adjacent to an activating group) is 1. The van der Waals surface area contributed by atoms with E-state index in [0.29, 0.717) is 29.4 Å². The van der Waals surface area contributed by atoms with Gasteiger partial charge in [0.25, 0.3) is 5.91 Å². The minimum Gasteiger partial charge on any atom is -0.395 e. The highest BCUT2D eigenvalue weighted by Crippen LogP contribution is 2.30. The Morgan fingerprint density at radius 3 is 2.67 bits per heavy atom. The van der Waals surface area contributed by atoms with Gasteiger partial charge < -0.3 is 20.7 Å². The van der Waals surface area contributed by atoms with E-state index in [-0.39, 0.29) is 24.1 Å². The number of hydrogen-bond acceptors (Lipinski definition) is 6. The Labute approximate surface area is 183 Å². The lowest BCUT2D eigenvalue weighted by atomic mass is 10.1. The average Bonchev–Trinajstić information content (AvgIpc) is 3.09. The van der Waals surface area contributed by atoms with Gasteiger partial charge in [-0.1, -0.05) is 23.7 Å². The van der Waals surface area contributed by atoms with Crippen LogP contribution in [-0.4, -0.2) is 40.7 Å². The van der Waals surface area contributed by atoms with Crippen molar-refractivity contribution in [3.05, 3.63) is 67.3 Å². The van der Waals surface area contributed by atoms with Crippen molar-refractivity contribution in [1.82, 2.24) is 14.8 Å². The Morgan fingerprint density at radius 2 is 2.03 bits per heavy atom. The van der Waals surface area contributed by atoms with Gasteiger partial charge in [-0.05, 0) is 24.7 Å².